The first-order valence-electron chi connectivity index (χ1n) is 11.3. The maximum Gasteiger partial charge on any atom is 0.329 e. The standard InChI is InChI=1S/C27H33N3O4/c1-16-8-10-18(11-9-16)28-22(31)15-30-24(33)21(29-25(30)34)14-17-12-19(26(2,3)4)23(32)20(13-17)27(5,6)7/h8-14,32H,15H2,1-7H3,(H,28,31)(H,29,34)/b21-14+. The van der Waals surface area contributed by atoms with E-state index in [-0.39, 0.29) is 22.3 Å². The van der Waals surface area contributed by atoms with Gasteiger partial charge >= 0.3 is 6.03 Å². The first-order valence-corrected chi connectivity index (χ1v) is 11.3. The van der Waals surface area contributed by atoms with E-state index in [0.29, 0.717) is 11.3 Å². The van der Waals surface area contributed by atoms with Crippen LogP contribution in [0.25, 0.3) is 6.08 Å². The Bertz CT molecular complexity index is 1130. The molecular formula is C27H33N3O4. The lowest BCUT2D eigenvalue weighted by molar-refractivity contribution is -0.127. The van der Waals surface area contributed by atoms with Crippen LogP contribution in [0.1, 0.15) is 63.8 Å². The van der Waals surface area contributed by atoms with Crippen molar-refractivity contribution in [1.82, 2.24) is 10.2 Å². The second-order valence-electron chi connectivity index (χ2n) is 10.8. The highest BCUT2D eigenvalue weighted by atomic mass is 16.3. The van der Waals surface area contributed by atoms with Crippen LogP contribution in [0, 0.1) is 6.92 Å². The molecule has 1 aliphatic rings. The second-order valence-corrected chi connectivity index (χ2v) is 10.8. The Balaban J connectivity index is 1.87. The predicted molar refractivity (Wildman–Crippen MR) is 134 cm³/mol. The number of benzene rings is 2. The SMILES string of the molecule is Cc1ccc(NC(=O)CN2C(=O)N/C(=C/c3cc(C(C)(C)C)c(O)c(C(C)(C)C)c3)C2=O)cc1. The van der Waals surface area contributed by atoms with Crippen molar-refractivity contribution in [2.75, 3.05) is 11.9 Å². The molecule has 1 heterocycles. The van der Waals surface area contributed by atoms with Crippen molar-refractivity contribution in [1.29, 1.82) is 0 Å². The van der Waals surface area contributed by atoms with E-state index in [1.807, 2.05) is 72.7 Å². The Morgan fingerprint density at radius 3 is 2.03 bits per heavy atom. The molecule has 0 aliphatic carbocycles. The summed E-state index contributed by atoms with van der Waals surface area (Å²) in [6, 6.07) is 10.2. The average molecular weight is 464 g/mol. The summed E-state index contributed by atoms with van der Waals surface area (Å²) in [5.41, 5.74) is 3.24. The lowest BCUT2D eigenvalue weighted by atomic mass is 9.78. The number of aryl methyl sites for hydroxylation is 1. The normalized spacial score (nSPS) is 15.6. The molecule has 0 spiro atoms. The molecule has 3 rings (SSSR count). The number of imide groups is 1. The summed E-state index contributed by atoms with van der Waals surface area (Å²) in [4.78, 5) is 38.7. The Hall–Kier alpha value is -3.61. The summed E-state index contributed by atoms with van der Waals surface area (Å²) < 4.78 is 0. The number of hydrogen-bond donors (Lipinski definition) is 3. The van der Waals surface area contributed by atoms with E-state index in [0.717, 1.165) is 21.6 Å². The van der Waals surface area contributed by atoms with E-state index in [2.05, 4.69) is 10.6 Å². The van der Waals surface area contributed by atoms with Crippen molar-refractivity contribution < 1.29 is 19.5 Å². The summed E-state index contributed by atoms with van der Waals surface area (Å²) in [6.45, 7) is 13.6. The fourth-order valence-corrected chi connectivity index (χ4v) is 3.75. The molecule has 1 aliphatic heterocycles. The highest BCUT2D eigenvalue weighted by Gasteiger charge is 2.35. The van der Waals surface area contributed by atoms with Gasteiger partial charge in [0, 0.05) is 16.8 Å². The molecule has 34 heavy (non-hydrogen) atoms. The summed E-state index contributed by atoms with van der Waals surface area (Å²) in [5, 5.41) is 16.2. The number of phenolic OH excluding ortho intramolecular Hbond substituents is 1. The fraction of sp³-hybridized carbons (Fsp3) is 0.370. The number of rotatable bonds is 4. The minimum atomic E-state index is -0.652. The lowest BCUT2D eigenvalue weighted by Gasteiger charge is -2.28. The van der Waals surface area contributed by atoms with Crippen LogP contribution in [0.4, 0.5) is 10.5 Å². The third-order valence-electron chi connectivity index (χ3n) is 5.66. The molecule has 0 unspecified atom stereocenters. The van der Waals surface area contributed by atoms with Crippen molar-refractivity contribution >= 4 is 29.6 Å². The molecular weight excluding hydrogens is 430 g/mol. The van der Waals surface area contributed by atoms with E-state index in [1.165, 1.54) is 0 Å². The van der Waals surface area contributed by atoms with Gasteiger partial charge in [-0.2, -0.15) is 0 Å². The molecule has 0 radical (unpaired) electrons. The van der Waals surface area contributed by atoms with E-state index >= 15 is 0 Å². The number of phenols is 1. The van der Waals surface area contributed by atoms with E-state index < -0.39 is 24.4 Å². The van der Waals surface area contributed by atoms with E-state index in [4.69, 9.17) is 0 Å². The number of nitrogens with one attached hydrogen (secondary N) is 2. The maximum absolute atomic E-state index is 12.9. The predicted octanol–water partition coefficient (Wildman–Crippen LogP) is 4.83. The molecule has 7 nitrogen and oxygen atoms in total. The van der Waals surface area contributed by atoms with Crippen LogP contribution in [0.15, 0.2) is 42.1 Å². The first kappa shape index (κ1) is 25.0. The third kappa shape index (κ3) is 5.47. The van der Waals surface area contributed by atoms with Gasteiger partial charge < -0.3 is 15.7 Å². The van der Waals surface area contributed by atoms with Gasteiger partial charge in [0.05, 0.1) is 0 Å². The number of carbonyl (C=O) groups excluding carboxylic acids is 3. The van der Waals surface area contributed by atoms with Gasteiger partial charge in [-0.3, -0.25) is 9.59 Å². The number of urea groups is 1. The number of amides is 4. The van der Waals surface area contributed by atoms with Gasteiger partial charge in [-0.1, -0.05) is 59.2 Å². The smallest absolute Gasteiger partial charge is 0.329 e. The van der Waals surface area contributed by atoms with E-state index in [9.17, 15) is 19.5 Å². The third-order valence-corrected chi connectivity index (χ3v) is 5.66. The van der Waals surface area contributed by atoms with Crippen molar-refractivity contribution in [3.63, 3.8) is 0 Å². The minimum absolute atomic E-state index is 0.0820. The molecule has 0 atom stereocenters. The van der Waals surface area contributed by atoms with Crippen LogP contribution in [0.5, 0.6) is 5.75 Å². The molecule has 7 heteroatoms. The fourth-order valence-electron chi connectivity index (χ4n) is 3.75. The van der Waals surface area contributed by atoms with Crippen LogP contribution in [-0.2, 0) is 20.4 Å². The number of anilines is 1. The minimum Gasteiger partial charge on any atom is -0.507 e. The number of aromatic hydroxyl groups is 1. The van der Waals surface area contributed by atoms with Gasteiger partial charge in [-0.25, -0.2) is 9.69 Å². The topological polar surface area (TPSA) is 98.7 Å². The van der Waals surface area contributed by atoms with Gasteiger partial charge in [0.2, 0.25) is 5.91 Å². The zero-order chi connectivity index (χ0) is 25.4. The second kappa shape index (κ2) is 8.97. The van der Waals surface area contributed by atoms with Crippen LogP contribution in [0.3, 0.4) is 0 Å². The highest BCUT2D eigenvalue weighted by molar-refractivity contribution is 6.16. The molecule has 4 amide bonds. The molecule has 2 aromatic carbocycles. The van der Waals surface area contributed by atoms with Crippen LogP contribution < -0.4 is 10.6 Å². The lowest BCUT2D eigenvalue weighted by Crippen LogP contribution is -2.38. The van der Waals surface area contributed by atoms with Gasteiger partial charge in [0.1, 0.15) is 18.0 Å². The van der Waals surface area contributed by atoms with Crippen LogP contribution in [0.2, 0.25) is 0 Å². The zero-order valence-electron chi connectivity index (χ0n) is 20.9. The number of nitrogens with zero attached hydrogens (tertiary/aromatic N) is 1. The summed E-state index contributed by atoms with van der Waals surface area (Å²) in [6.07, 6.45) is 1.59. The highest BCUT2D eigenvalue weighted by Crippen LogP contribution is 2.40. The van der Waals surface area contributed by atoms with Crippen molar-refractivity contribution in [3.8, 4) is 5.75 Å². The van der Waals surface area contributed by atoms with Gasteiger partial charge in [0.25, 0.3) is 5.91 Å². The molecule has 180 valence electrons. The van der Waals surface area contributed by atoms with Crippen LogP contribution >= 0.6 is 0 Å². The van der Waals surface area contributed by atoms with Crippen molar-refractivity contribution in [2.24, 2.45) is 0 Å². The summed E-state index contributed by atoms with van der Waals surface area (Å²) >= 11 is 0. The number of carbonyl (C=O) groups is 3. The van der Waals surface area contributed by atoms with Gasteiger partial charge in [-0.05, 0) is 53.7 Å². The Kier molecular flexibility index (Phi) is 6.60. The van der Waals surface area contributed by atoms with Gasteiger partial charge in [-0.15, -0.1) is 0 Å². The van der Waals surface area contributed by atoms with E-state index in [1.54, 1.807) is 18.2 Å². The molecule has 1 fully saturated rings. The Morgan fingerprint density at radius 2 is 1.53 bits per heavy atom. The summed E-state index contributed by atoms with van der Waals surface area (Å²) in [7, 11) is 0. The molecule has 0 aromatic heterocycles. The average Bonchev–Trinajstić information content (AvgIpc) is 2.96. The van der Waals surface area contributed by atoms with Gasteiger partial charge in [0.15, 0.2) is 0 Å². The zero-order valence-corrected chi connectivity index (χ0v) is 20.9. The number of hydrogen-bond acceptors (Lipinski definition) is 4. The monoisotopic (exact) mass is 463 g/mol. The molecule has 1 saturated heterocycles. The largest absolute Gasteiger partial charge is 0.507 e. The molecule has 0 saturated carbocycles. The van der Waals surface area contributed by atoms with Crippen LogP contribution in [-0.4, -0.2) is 34.4 Å². The van der Waals surface area contributed by atoms with Crippen molar-refractivity contribution in [3.05, 3.63) is 64.3 Å². The first-order chi connectivity index (χ1) is 15.7. The quantitative estimate of drug-likeness (QED) is 0.447. The molecule has 0 bridgehead atoms. The molecule has 2 aromatic rings. The Labute approximate surface area is 200 Å². The Morgan fingerprint density at radius 1 is 1.00 bits per heavy atom. The van der Waals surface area contributed by atoms with Crippen molar-refractivity contribution in [2.45, 2.75) is 59.3 Å². The molecule has 3 N–H and O–H groups in total. The maximum atomic E-state index is 12.9. The summed E-state index contributed by atoms with van der Waals surface area (Å²) in [5.74, 6) is -0.812.